The summed E-state index contributed by atoms with van der Waals surface area (Å²) in [5.74, 6) is 0. The van der Waals surface area contributed by atoms with Gasteiger partial charge in [-0.2, -0.15) is 13.2 Å². The summed E-state index contributed by atoms with van der Waals surface area (Å²) in [6.45, 7) is 0. The normalized spacial score (nSPS) is 12.5. The van der Waals surface area contributed by atoms with Gasteiger partial charge >= 0.3 is 6.18 Å². The van der Waals surface area contributed by atoms with E-state index in [2.05, 4.69) is 21.1 Å². The lowest BCUT2D eigenvalue weighted by atomic mass is 10.2. The first-order valence-corrected chi connectivity index (χ1v) is 6.36. The number of nitrogens with two attached hydrogens (primary N) is 1. The van der Waals surface area contributed by atoms with Gasteiger partial charge in [0.1, 0.15) is 4.90 Å². The van der Waals surface area contributed by atoms with E-state index in [9.17, 15) is 31.7 Å². The van der Waals surface area contributed by atoms with Gasteiger partial charge in [0.2, 0.25) is 10.0 Å². The third-order valence-corrected chi connectivity index (χ3v) is 3.73. The molecule has 0 unspecified atom stereocenters. The Labute approximate surface area is 107 Å². The quantitative estimate of drug-likeness (QED) is 0.652. The van der Waals surface area contributed by atoms with Crippen LogP contribution >= 0.6 is 15.9 Å². The second-order valence-electron chi connectivity index (χ2n) is 3.10. The standard InChI is InChI=1S/C7H4BrF3N2O4S/c8-5-2-3(13(14)15)1-4(7(9,10)11)6(5)18(12,16)17/h1-2H,(H2,12,16,17). The summed E-state index contributed by atoms with van der Waals surface area (Å²) in [5.41, 5.74) is -2.59. The number of halogens is 4. The molecule has 0 saturated carbocycles. The molecule has 0 radical (unpaired) electrons. The van der Waals surface area contributed by atoms with Gasteiger partial charge in [0.15, 0.2) is 0 Å². The van der Waals surface area contributed by atoms with Gasteiger partial charge in [-0.15, -0.1) is 0 Å². The number of rotatable bonds is 2. The number of benzene rings is 1. The Hall–Kier alpha value is -1.20. The molecule has 0 spiro atoms. The highest BCUT2D eigenvalue weighted by atomic mass is 79.9. The number of hydrogen-bond acceptors (Lipinski definition) is 4. The zero-order valence-corrected chi connectivity index (χ0v) is 10.6. The molecule has 11 heteroatoms. The summed E-state index contributed by atoms with van der Waals surface area (Å²) in [7, 11) is -4.68. The van der Waals surface area contributed by atoms with Gasteiger partial charge in [0.05, 0.1) is 10.5 Å². The molecule has 2 N–H and O–H groups in total. The van der Waals surface area contributed by atoms with Crippen LogP contribution in [-0.2, 0) is 16.2 Å². The van der Waals surface area contributed by atoms with E-state index >= 15 is 0 Å². The molecule has 1 aromatic carbocycles. The number of primary sulfonamides is 1. The van der Waals surface area contributed by atoms with Crippen LogP contribution in [0.15, 0.2) is 21.5 Å². The molecule has 0 bridgehead atoms. The largest absolute Gasteiger partial charge is 0.418 e. The third-order valence-electron chi connectivity index (χ3n) is 1.83. The van der Waals surface area contributed by atoms with Crippen LogP contribution in [0, 0.1) is 10.1 Å². The average Bonchev–Trinajstić information content (AvgIpc) is 2.12. The van der Waals surface area contributed by atoms with Crippen LogP contribution in [0.4, 0.5) is 18.9 Å². The maximum atomic E-state index is 12.6. The summed E-state index contributed by atoms with van der Waals surface area (Å²) in [6, 6.07) is 0.749. The molecule has 18 heavy (non-hydrogen) atoms. The first-order chi connectivity index (χ1) is 7.94. The second kappa shape index (κ2) is 4.48. The predicted octanol–water partition coefficient (Wildman–Crippen LogP) is 2.02. The van der Waals surface area contributed by atoms with Gasteiger partial charge < -0.3 is 0 Å². The maximum absolute atomic E-state index is 12.6. The molecule has 0 saturated heterocycles. The molecule has 0 amide bonds. The molecule has 0 aliphatic heterocycles. The van der Waals surface area contributed by atoms with Crippen LogP contribution in [0.5, 0.6) is 0 Å². The fraction of sp³-hybridized carbons (Fsp3) is 0.143. The summed E-state index contributed by atoms with van der Waals surface area (Å²) in [6.07, 6.45) is -5.09. The number of hydrogen-bond donors (Lipinski definition) is 1. The number of nitro benzene ring substituents is 1. The molecular formula is C7H4BrF3N2O4S. The molecule has 0 aliphatic carbocycles. The Kier molecular flexibility index (Phi) is 3.70. The topological polar surface area (TPSA) is 103 Å². The first-order valence-electron chi connectivity index (χ1n) is 4.02. The number of nitrogens with zero attached hydrogens (tertiary/aromatic N) is 1. The summed E-state index contributed by atoms with van der Waals surface area (Å²) in [5, 5.41) is 15.1. The van der Waals surface area contributed by atoms with Crippen LogP contribution in [0.1, 0.15) is 5.56 Å². The van der Waals surface area contributed by atoms with E-state index in [0.29, 0.717) is 6.07 Å². The SMILES string of the molecule is NS(=O)(=O)c1c(Br)cc([N+](=O)[O-])cc1C(F)(F)F. The Morgan fingerprint density at radius 3 is 2.17 bits per heavy atom. The second-order valence-corrected chi connectivity index (χ2v) is 5.46. The predicted molar refractivity (Wildman–Crippen MR) is 57.2 cm³/mol. The van der Waals surface area contributed by atoms with Crippen LogP contribution in [-0.4, -0.2) is 13.3 Å². The van der Waals surface area contributed by atoms with Crippen molar-refractivity contribution in [3.05, 3.63) is 32.3 Å². The van der Waals surface area contributed by atoms with Crippen molar-refractivity contribution < 1.29 is 26.5 Å². The van der Waals surface area contributed by atoms with Crippen molar-refractivity contribution in [2.45, 2.75) is 11.1 Å². The summed E-state index contributed by atoms with van der Waals surface area (Å²) in [4.78, 5) is 8.12. The molecule has 0 heterocycles. The van der Waals surface area contributed by atoms with E-state index in [-0.39, 0.29) is 6.07 Å². The van der Waals surface area contributed by atoms with E-state index < -0.39 is 41.7 Å². The fourth-order valence-electron chi connectivity index (χ4n) is 1.18. The van der Waals surface area contributed by atoms with E-state index in [1.54, 1.807) is 0 Å². The van der Waals surface area contributed by atoms with E-state index in [4.69, 9.17) is 0 Å². The summed E-state index contributed by atoms with van der Waals surface area (Å²) < 4.78 is 59.5. The van der Waals surface area contributed by atoms with Crippen molar-refractivity contribution >= 4 is 31.6 Å². The lowest BCUT2D eigenvalue weighted by Crippen LogP contribution is -2.20. The Bertz CT molecular complexity index is 614. The highest BCUT2D eigenvalue weighted by Gasteiger charge is 2.39. The van der Waals surface area contributed by atoms with Gasteiger partial charge in [-0.1, -0.05) is 0 Å². The van der Waals surface area contributed by atoms with Gasteiger partial charge in [-0.25, -0.2) is 13.6 Å². The Balaban J connectivity index is 3.78. The van der Waals surface area contributed by atoms with Crippen molar-refractivity contribution in [3.63, 3.8) is 0 Å². The van der Waals surface area contributed by atoms with E-state index in [1.165, 1.54) is 0 Å². The van der Waals surface area contributed by atoms with Crippen molar-refractivity contribution in [1.29, 1.82) is 0 Å². The zero-order valence-electron chi connectivity index (χ0n) is 8.23. The lowest BCUT2D eigenvalue weighted by molar-refractivity contribution is -0.385. The lowest BCUT2D eigenvalue weighted by Gasteiger charge is -2.12. The highest BCUT2D eigenvalue weighted by Crippen LogP contribution is 2.39. The van der Waals surface area contributed by atoms with Crippen molar-refractivity contribution in [1.82, 2.24) is 0 Å². The minimum Gasteiger partial charge on any atom is -0.258 e. The average molecular weight is 349 g/mol. The van der Waals surface area contributed by atoms with Crippen molar-refractivity contribution in [2.24, 2.45) is 5.14 Å². The molecule has 6 nitrogen and oxygen atoms in total. The zero-order chi connectivity index (χ0) is 14.3. The maximum Gasteiger partial charge on any atom is 0.418 e. The Morgan fingerprint density at radius 1 is 1.33 bits per heavy atom. The third kappa shape index (κ3) is 2.97. The van der Waals surface area contributed by atoms with Crippen molar-refractivity contribution in [2.75, 3.05) is 0 Å². The molecule has 1 rings (SSSR count). The molecule has 0 aliphatic rings. The van der Waals surface area contributed by atoms with Crippen LogP contribution < -0.4 is 5.14 Å². The molecule has 0 aromatic heterocycles. The van der Waals surface area contributed by atoms with Gasteiger partial charge in [-0.05, 0) is 15.9 Å². The fourth-order valence-corrected chi connectivity index (χ4v) is 3.12. The van der Waals surface area contributed by atoms with Gasteiger partial charge in [-0.3, -0.25) is 10.1 Å². The minimum absolute atomic E-state index is 0.116. The molecular weight excluding hydrogens is 345 g/mol. The molecule has 0 atom stereocenters. The van der Waals surface area contributed by atoms with Crippen LogP contribution in [0.25, 0.3) is 0 Å². The monoisotopic (exact) mass is 348 g/mol. The van der Waals surface area contributed by atoms with Gasteiger partial charge in [0.25, 0.3) is 5.69 Å². The number of nitro groups is 1. The minimum atomic E-state index is -5.09. The molecule has 0 fully saturated rings. The molecule has 100 valence electrons. The summed E-state index contributed by atoms with van der Waals surface area (Å²) >= 11 is 2.53. The van der Waals surface area contributed by atoms with Gasteiger partial charge in [0, 0.05) is 16.6 Å². The smallest absolute Gasteiger partial charge is 0.258 e. The van der Waals surface area contributed by atoms with Crippen LogP contribution in [0.2, 0.25) is 0 Å². The Morgan fingerprint density at radius 2 is 1.83 bits per heavy atom. The molecule has 1 aromatic rings. The van der Waals surface area contributed by atoms with Crippen molar-refractivity contribution in [3.8, 4) is 0 Å². The number of non-ortho nitro benzene ring substituents is 1. The first kappa shape index (κ1) is 14.9. The van der Waals surface area contributed by atoms with E-state index in [0.717, 1.165) is 0 Å². The number of alkyl halides is 3. The number of sulfonamides is 1. The van der Waals surface area contributed by atoms with Crippen LogP contribution in [0.3, 0.4) is 0 Å². The van der Waals surface area contributed by atoms with E-state index in [1.807, 2.05) is 0 Å². The highest BCUT2D eigenvalue weighted by molar-refractivity contribution is 9.10.